The van der Waals surface area contributed by atoms with E-state index in [9.17, 15) is 8.42 Å². The normalized spacial score (nSPS) is 11.3. The number of aromatic amines is 1. The first-order chi connectivity index (χ1) is 14.9. The Labute approximate surface area is 183 Å². The van der Waals surface area contributed by atoms with Crippen molar-refractivity contribution in [3.8, 4) is 39.3 Å². The van der Waals surface area contributed by atoms with Crippen LogP contribution in [0.2, 0.25) is 0 Å². The highest BCUT2D eigenvalue weighted by Crippen LogP contribution is 2.46. The molecule has 4 aromatic rings. The molecule has 0 aliphatic rings. The Kier molecular flexibility index (Phi) is 5.57. The van der Waals surface area contributed by atoms with E-state index in [-0.39, 0.29) is 0 Å². The van der Waals surface area contributed by atoms with Gasteiger partial charge in [-0.1, -0.05) is 60.7 Å². The van der Waals surface area contributed by atoms with Crippen molar-refractivity contribution in [1.29, 1.82) is 0 Å². The van der Waals surface area contributed by atoms with Gasteiger partial charge in [0.1, 0.15) is 11.6 Å². The second-order valence-corrected chi connectivity index (χ2v) is 9.30. The minimum atomic E-state index is -3.48. The standard InChI is InChI=1S/C25H24N2O3S/c1-27(31(3,28)29)25-23(19-12-8-5-9-13-19)22(18-10-6-4-7-11-18)24(26-25)20-14-16-21(30-2)17-15-20/h4-17,26H,1-3H3. The van der Waals surface area contributed by atoms with Gasteiger partial charge in [0.05, 0.1) is 19.1 Å². The summed E-state index contributed by atoms with van der Waals surface area (Å²) in [6, 6.07) is 27.6. The fourth-order valence-corrected chi connectivity index (χ4v) is 4.11. The molecule has 3 aromatic carbocycles. The van der Waals surface area contributed by atoms with Gasteiger partial charge in [0.2, 0.25) is 10.0 Å². The lowest BCUT2D eigenvalue weighted by atomic mass is 9.94. The summed E-state index contributed by atoms with van der Waals surface area (Å²) in [6.45, 7) is 0. The zero-order chi connectivity index (χ0) is 22.0. The third-order valence-electron chi connectivity index (χ3n) is 5.30. The van der Waals surface area contributed by atoms with E-state index in [0.29, 0.717) is 5.82 Å². The maximum absolute atomic E-state index is 12.5. The number of H-pyrrole nitrogens is 1. The van der Waals surface area contributed by atoms with Crippen LogP contribution >= 0.6 is 0 Å². The van der Waals surface area contributed by atoms with Crippen molar-refractivity contribution in [1.82, 2.24) is 4.98 Å². The molecule has 0 spiro atoms. The number of anilines is 1. The number of nitrogens with zero attached hydrogens (tertiary/aromatic N) is 1. The predicted molar refractivity (Wildman–Crippen MR) is 127 cm³/mol. The highest BCUT2D eigenvalue weighted by atomic mass is 32.2. The van der Waals surface area contributed by atoms with Crippen LogP contribution in [0.25, 0.3) is 33.5 Å². The van der Waals surface area contributed by atoms with Crippen LogP contribution in [-0.4, -0.2) is 33.8 Å². The second kappa shape index (κ2) is 8.32. The van der Waals surface area contributed by atoms with E-state index in [0.717, 1.165) is 39.3 Å². The maximum Gasteiger partial charge on any atom is 0.233 e. The molecular weight excluding hydrogens is 408 g/mol. The summed E-state index contributed by atoms with van der Waals surface area (Å²) in [7, 11) is -0.282. The van der Waals surface area contributed by atoms with E-state index < -0.39 is 10.0 Å². The number of rotatable bonds is 6. The Morgan fingerprint density at radius 3 is 1.74 bits per heavy atom. The van der Waals surface area contributed by atoms with Gasteiger partial charge < -0.3 is 9.72 Å². The van der Waals surface area contributed by atoms with Gasteiger partial charge in [0, 0.05) is 18.2 Å². The molecule has 0 atom stereocenters. The highest BCUT2D eigenvalue weighted by Gasteiger charge is 2.26. The molecule has 0 unspecified atom stereocenters. The van der Waals surface area contributed by atoms with E-state index in [1.165, 1.54) is 10.6 Å². The number of nitrogens with one attached hydrogen (secondary N) is 1. The molecule has 31 heavy (non-hydrogen) atoms. The lowest BCUT2D eigenvalue weighted by Gasteiger charge is -2.18. The summed E-state index contributed by atoms with van der Waals surface area (Å²) in [6.07, 6.45) is 1.21. The quantitative estimate of drug-likeness (QED) is 0.442. The molecule has 6 heteroatoms. The van der Waals surface area contributed by atoms with Crippen molar-refractivity contribution in [3.63, 3.8) is 0 Å². The number of hydrogen-bond acceptors (Lipinski definition) is 3. The number of methoxy groups -OCH3 is 1. The van der Waals surface area contributed by atoms with Crippen molar-refractivity contribution >= 4 is 15.8 Å². The molecule has 0 amide bonds. The first-order valence-electron chi connectivity index (χ1n) is 9.85. The molecule has 0 saturated carbocycles. The molecular formula is C25H24N2O3S. The largest absolute Gasteiger partial charge is 0.497 e. The van der Waals surface area contributed by atoms with E-state index in [1.807, 2.05) is 84.9 Å². The third kappa shape index (κ3) is 4.07. The van der Waals surface area contributed by atoms with Crippen LogP contribution in [0.5, 0.6) is 5.75 Å². The summed E-state index contributed by atoms with van der Waals surface area (Å²) in [5.74, 6) is 1.28. The summed E-state index contributed by atoms with van der Waals surface area (Å²) in [4.78, 5) is 3.41. The van der Waals surface area contributed by atoms with Crippen LogP contribution in [0, 0.1) is 0 Å². The van der Waals surface area contributed by atoms with E-state index in [2.05, 4.69) is 4.98 Å². The minimum absolute atomic E-state index is 0.526. The molecule has 0 bridgehead atoms. The van der Waals surface area contributed by atoms with Crippen LogP contribution in [0.3, 0.4) is 0 Å². The maximum atomic E-state index is 12.5. The van der Waals surface area contributed by atoms with Gasteiger partial charge in [-0.2, -0.15) is 0 Å². The number of ether oxygens (including phenoxy) is 1. The second-order valence-electron chi connectivity index (χ2n) is 7.29. The molecule has 0 saturated heterocycles. The number of benzene rings is 3. The van der Waals surface area contributed by atoms with Crippen molar-refractivity contribution in [2.75, 3.05) is 24.7 Å². The monoisotopic (exact) mass is 432 g/mol. The molecule has 0 radical (unpaired) electrons. The first kappa shape index (κ1) is 20.8. The van der Waals surface area contributed by atoms with Gasteiger partial charge in [-0.3, -0.25) is 4.31 Å². The smallest absolute Gasteiger partial charge is 0.233 e. The molecule has 1 N–H and O–H groups in total. The minimum Gasteiger partial charge on any atom is -0.497 e. The van der Waals surface area contributed by atoms with E-state index in [4.69, 9.17) is 4.74 Å². The van der Waals surface area contributed by atoms with Gasteiger partial charge in [0.25, 0.3) is 0 Å². The van der Waals surface area contributed by atoms with Crippen molar-refractivity contribution in [3.05, 3.63) is 84.9 Å². The lowest BCUT2D eigenvalue weighted by molar-refractivity contribution is 0.415. The fourth-order valence-electron chi connectivity index (χ4n) is 3.64. The van der Waals surface area contributed by atoms with Crippen molar-refractivity contribution < 1.29 is 13.2 Å². The topological polar surface area (TPSA) is 62.4 Å². The van der Waals surface area contributed by atoms with Crippen molar-refractivity contribution in [2.45, 2.75) is 0 Å². The molecule has 0 aliphatic heterocycles. The molecule has 5 nitrogen and oxygen atoms in total. The van der Waals surface area contributed by atoms with E-state index in [1.54, 1.807) is 14.2 Å². The Bertz CT molecular complexity index is 1280. The van der Waals surface area contributed by atoms with Crippen LogP contribution in [0.4, 0.5) is 5.82 Å². The van der Waals surface area contributed by atoms with Crippen LogP contribution in [0.1, 0.15) is 0 Å². The Morgan fingerprint density at radius 2 is 1.26 bits per heavy atom. The van der Waals surface area contributed by atoms with Crippen LogP contribution in [0.15, 0.2) is 84.9 Å². The summed E-state index contributed by atoms with van der Waals surface area (Å²) < 4.78 is 31.6. The zero-order valence-corrected chi connectivity index (χ0v) is 18.5. The number of hydrogen-bond donors (Lipinski definition) is 1. The van der Waals surface area contributed by atoms with Gasteiger partial charge >= 0.3 is 0 Å². The SMILES string of the molecule is COc1ccc(-c2[nH]c(N(C)S(C)(=O)=O)c(-c3ccccc3)c2-c2ccccc2)cc1. The van der Waals surface area contributed by atoms with Gasteiger partial charge in [-0.05, 0) is 41.0 Å². The molecule has 0 fully saturated rings. The Morgan fingerprint density at radius 1 is 0.742 bits per heavy atom. The van der Waals surface area contributed by atoms with Gasteiger partial charge in [-0.25, -0.2) is 8.42 Å². The molecule has 1 aromatic heterocycles. The van der Waals surface area contributed by atoms with Crippen molar-refractivity contribution in [2.24, 2.45) is 0 Å². The van der Waals surface area contributed by atoms with Gasteiger partial charge in [-0.15, -0.1) is 0 Å². The lowest BCUT2D eigenvalue weighted by Crippen LogP contribution is -2.25. The summed E-state index contributed by atoms with van der Waals surface area (Å²) in [5, 5.41) is 0. The Balaban J connectivity index is 2.08. The predicted octanol–water partition coefficient (Wildman–Crippen LogP) is 5.42. The fraction of sp³-hybridized carbons (Fsp3) is 0.120. The molecule has 1 heterocycles. The average Bonchev–Trinajstić information content (AvgIpc) is 3.19. The van der Waals surface area contributed by atoms with Gasteiger partial charge in [0.15, 0.2) is 0 Å². The molecule has 0 aliphatic carbocycles. The molecule has 158 valence electrons. The summed E-state index contributed by atoms with van der Waals surface area (Å²) >= 11 is 0. The zero-order valence-electron chi connectivity index (χ0n) is 17.7. The summed E-state index contributed by atoms with van der Waals surface area (Å²) in [5.41, 5.74) is 5.50. The number of aromatic nitrogens is 1. The van der Waals surface area contributed by atoms with Crippen LogP contribution < -0.4 is 9.04 Å². The van der Waals surface area contributed by atoms with Crippen LogP contribution in [-0.2, 0) is 10.0 Å². The third-order valence-corrected chi connectivity index (χ3v) is 6.47. The first-order valence-corrected chi connectivity index (χ1v) is 11.7. The Hall–Kier alpha value is -3.51. The molecule has 4 rings (SSSR count). The van der Waals surface area contributed by atoms with E-state index >= 15 is 0 Å². The average molecular weight is 433 g/mol. The highest BCUT2D eigenvalue weighted by molar-refractivity contribution is 7.92. The number of sulfonamides is 1.